The van der Waals surface area contributed by atoms with Crippen LogP contribution in [0.3, 0.4) is 0 Å². The quantitative estimate of drug-likeness (QED) is 0.854. The van der Waals surface area contributed by atoms with Crippen molar-refractivity contribution in [2.45, 2.75) is 64.5 Å². The molecule has 2 aromatic rings. The van der Waals surface area contributed by atoms with E-state index in [2.05, 4.69) is 39.9 Å². The van der Waals surface area contributed by atoms with Crippen molar-refractivity contribution in [2.24, 2.45) is 0 Å². The van der Waals surface area contributed by atoms with Crippen LogP contribution < -0.4 is 15.0 Å². The Morgan fingerprint density at radius 2 is 1.67 bits per heavy atom. The normalized spacial score (nSPS) is 17.7. The number of hydrogen-bond acceptors (Lipinski definition) is 8. The molecule has 0 atom stereocenters. The standard InChI is InChI=1S/C18H28N8O/c1-27-18-21-16(20-17(22-18)25-10-6-2-3-7-11-25)19-13-15-24-23-14-9-5-4-8-12-26(14)15/h2-13H2,1H3,(H,19,20,21,22). The van der Waals surface area contributed by atoms with Crippen LogP contribution in [0.1, 0.15) is 56.6 Å². The van der Waals surface area contributed by atoms with Crippen LogP contribution >= 0.6 is 0 Å². The van der Waals surface area contributed by atoms with Gasteiger partial charge >= 0.3 is 6.01 Å². The second kappa shape index (κ2) is 8.49. The molecule has 2 aliphatic rings. The third-order valence-electron chi connectivity index (χ3n) is 5.27. The van der Waals surface area contributed by atoms with E-state index in [1.807, 2.05) is 0 Å². The van der Waals surface area contributed by atoms with Gasteiger partial charge in [-0.3, -0.25) is 0 Å². The third kappa shape index (κ3) is 4.28. The van der Waals surface area contributed by atoms with Gasteiger partial charge in [-0.25, -0.2) is 0 Å². The molecule has 0 bridgehead atoms. The molecule has 1 N–H and O–H groups in total. The zero-order valence-electron chi connectivity index (χ0n) is 16.0. The molecular formula is C18H28N8O. The SMILES string of the molecule is COc1nc(NCc2nnc3n2CCCCC3)nc(N2CCCCCC2)n1. The van der Waals surface area contributed by atoms with Gasteiger partial charge in [0.2, 0.25) is 11.9 Å². The fraction of sp³-hybridized carbons (Fsp3) is 0.722. The van der Waals surface area contributed by atoms with Crippen molar-refractivity contribution in [2.75, 3.05) is 30.4 Å². The lowest BCUT2D eigenvalue weighted by atomic mass is 10.2. The van der Waals surface area contributed by atoms with E-state index in [9.17, 15) is 0 Å². The Morgan fingerprint density at radius 3 is 2.48 bits per heavy atom. The molecule has 146 valence electrons. The van der Waals surface area contributed by atoms with Crippen LogP contribution in [0.15, 0.2) is 0 Å². The third-order valence-corrected chi connectivity index (χ3v) is 5.27. The number of aromatic nitrogens is 6. The highest BCUT2D eigenvalue weighted by Crippen LogP contribution is 2.20. The van der Waals surface area contributed by atoms with Gasteiger partial charge in [-0.15, -0.1) is 10.2 Å². The van der Waals surface area contributed by atoms with Crippen LogP contribution in [-0.2, 0) is 19.5 Å². The molecule has 1 fully saturated rings. The second-order valence-electron chi connectivity index (χ2n) is 7.20. The van der Waals surface area contributed by atoms with Gasteiger partial charge in [-0.05, 0) is 25.7 Å². The van der Waals surface area contributed by atoms with Crippen LogP contribution in [0.5, 0.6) is 6.01 Å². The maximum absolute atomic E-state index is 5.30. The van der Waals surface area contributed by atoms with Crippen molar-refractivity contribution < 1.29 is 4.74 Å². The lowest BCUT2D eigenvalue weighted by Crippen LogP contribution is -2.26. The van der Waals surface area contributed by atoms with Crippen LogP contribution in [0.2, 0.25) is 0 Å². The lowest BCUT2D eigenvalue weighted by molar-refractivity contribution is 0.378. The van der Waals surface area contributed by atoms with Gasteiger partial charge in [0.05, 0.1) is 13.7 Å². The van der Waals surface area contributed by atoms with E-state index in [4.69, 9.17) is 4.74 Å². The van der Waals surface area contributed by atoms with Crippen LogP contribution in [0.4, 0.5) is 11.9 Å². The molecule has 0 amide bonds. The number of anilines is 2. The smallest absolute Gasteiger partial charge is 0.322 e. The largest absolute Gasteiger partial charge is 0.467 e. The number of fused-ring (bicyclic) bond motifs is 1. The maximum Gasteiger partial charge on any atom is 0.322 e. The van der Waals surface area contributed by atoms with Gasteiger partial charge in [-0.1, -0.05) is 19.3 Å². The Balaban J connectivity index is 1.50. The van der Waals surface area contributed by atoms with Gasteiger partial charge in [-0.2, -0.15) is 15.0 Å². The number of aryl methyl sites for hydroxylation is 1. The Hall–Kier alpha value is -2.45. The minimum Gasteiger partial charge on any atom is -0.467 e. The van der Waals surface area contributed by atoms with Gasteiger partial charge in [0, 0.05) is 26.1 Å². The van der Waals surface area contributed by atoms with Crippen LogP contribution in [-0.4, -0.2) is 49.9 Å². The predicted molar refractivity (Wildman–Crippen MR) is 102 cm³/mol. The summed E-state index contributed by atoms with van der Waals surface area (Å²) >= 11 is 0. The maximum atomic E-state index is 5.30. The van der Waals surface area contributed by atoms with Crippen molar-refractivity contribution in [3.8, 4) is 6.01 Å². The molecular weight excluding hydrogens is 344 g/mol. The number of ether oxygens (including phenoxy) is 1. The first kappa shape index (κ1) is 17.9. The molecule has 9 heteroatoms. The zero-order chi connectivity index (χ0) is 18.5. The second-order valence-corrected chi connectivity index (χ2v) is 7.20. The summed E-state index contributed by atoms with van der Waals surface area (Å²) in [7, 11) is 1.59. The molecule has 0 unspecified atom stereocenters. The molecule has 0 radical (unpaired) electrons. The van der Waals surface area contributed by atoms with Gasteiger partial charge < -0.3 is 19.5 Å². The molecule has 2 aliphatic heterocycles. The van der Waals surface area contributed by atoms with Crippen molar-refractivity contribution >= 4 is 11.9 Å². The highest BCUT2D eigenvalue weighted by Gasteiger charge is 2.17. The van der Waals surface area contributed by atoms with Gasteiger partial charge in [0.25, 0.3) is 0 Å². The van der Waals surface area contributed by atoms with E-state index in [0.717, 1.165) is 37.7 Å². The Bertz CT molecular complexity index is 754. The zero-order valence-corrected chi connectivity index (χ0v) is 16.0. The predicted octanol–water partition coefficient (Wildman–Crippen LogP) is 2.19. The fourth-order valence-corrected chi connectivity index (χ4v) is 3.76. The molecule has 2 aromatic heterocycles. The van der Waals surface area contributed by atoms with E-state index >= 15 is 0 Å². The Morgan fingerprint density at radius 1 is 0.889 bits per heavy atom. The molecule has 0 saturated carbocycles. The van der Waals surface area contributed by atoms with Crippen molar-refractivity contribution in [1.29, 1.82) is 0 Å². The summed E-state index contributed by atoms with van der Waals surface area (Å²) in [5.74, 6) is 3.23. The molecule has 1 saturated heterocycles. The fourth-order valence-electron chi connectivity index (χ4n) is 3.76. The molecule has 4 rings (SSSR count). The number of nitrogens with zero attached hydrogens (tertiary/aromatic N) is 7. The number of methoxy groups -OCH3 is 1. The first-order valence-electron chi connectivity index (χ1n) is 10.0. The van der Waals surface area contributed by atoms with Gasteiger partial charge in [0.1, 0.15) is 5.82 Å². The summed E-state index contributed by atoms with van der Waals surface area (Å²) in [6, 6.07) is 0.340. The Labute approximate surface area is 159 Å². The monoisotopic (exact) mass is 372 g/mol. The molecule has 0 aromatic carbocycles. The topological polar surface area (TPSA) is 93.9 Å². The minimum absolute atomic E-state index is 0.340. The summed E-state index contributed by atoms with van der Waals surface area (Å²) in [4.78, 5) is 15.7. The summed E-state index contributed by atoms with van der Waals surface area (Å²) < 4.78 is 7.53. The average Bonchev–Trinajstić information content (AvgIpc) is 2.92. The average molecular weight is 372 g/mol. The molecule has 9 nitrogen and oxygen atoms in total. The molecule has 0 spiro atoms. The van der Waals surface area contributed by atoms with Crippen molar-refractivity contribution in [1.82, 2.24) is 29.7 Å². The number of nitrogens with one attached hydrogen (secondary N) is 1. The van der Waals surface area contributed by atoms with E-state index in [0.29, 0.717) is 24.5 Å². The number of rotatable bonds is 5. The lowest BCUT2D eigenvalue weighted by Gasteiger charge is -2.20. The van der Waals surface area contributed by atoms with Gasteiger partial charge in [0.15, 0.2) is 5.82 Å². The summed E-state index contributed by atoms with van der Waals surface area (Å²) in [5, 5.41) is 12.0. The first-order chi connectivity index (χ1) is 13.3. The summed E-state index contributed by atoms with van der Waals surface area (Å²) in [5.41, 5.74) is 0. The molecule has 27 heavy (non-hydrogen) atoms. The Kier molecular flexibility index (Phi) is 5.64. The van der Waals surface area contributed by atoms with E-state index in [-0.39, 0.29) is 0 Å². The summed E-state index contributed by atoms with van der Waals surface area (Å²) in [6.07, 6.45) is 9.49. The molecule has 0 aliphatic carbocycles. The van der Waals surface area contributed by atoms with E-state index < -0.39 is 0 Å². The first-order valence-corrected chi connectivity index (χ1v) is 10.0. The highest BCUT2D eigenvalue weighted by atomic mass is 16.5. The minimum atomic E-state index is 0.340. The van der Waals surface area contributed by atoms with E-state index in [1.54, 1.807) is 7.11 Å². The van der Waals surface area contributed by atoms with Crippen molar-refractivity contribution in [3.63, 3.8) is 0 Å². The van der Waals surface area contributed by atoms with Crippen molar-refractivity contribution in [3.05, 3.63) is 11.6 Å². The van der Waals surface area contributed by atoms with Crippen LogP contribution in [0, 0.1) is 0 Å². The molecule has 4 heterocycles. The van der Waals surface area contributed by atoms with Crippen LogP contribution in [0.25, 0.3) is 0 Å². The highest BCUT2D eigenvalue weighted by molar-refractivity contribution is 5.38. The van der Waals surface area contributed by atoms with E-state index in [1.165, 1.54) is 44.9 Å². The summed E-state index contributed by atoms with van der Waals surface area (Å²) in [6.45, 7) is 3.48. The number of hydrogen-bond donors (Lipinski definition) is 1.